The Kier molecular flexibility index (Phi) is 2.85. The molecule has 0 atom stereocenters. The predicted octanol–water partition coefficient (Wildman–Crippen LogP) is 0.00118. The van der Waals surface area contributed by atoms with E-state index >= 15 is 0 Å². The number of nitrogens with zero attached hydrogens (tertiary/aromatic N) is 2. The van der Waals surface area contributed by atoms with Gasteiger partial charge in [0, 0.05) is 6.54 Å². The first-order valence-electron chi connectivity index (χ1n) is 3.29. The number of hydrogen-bond acceptors (Lipinski definition) is 6. The molecule has 0 amide bonds. The van der Waals surface area contributed by atoms with Crippen LogP contribution in [-0.2, 0) is 0 Å². The van der Waals surface area contributed by atoms with Crippen LogP contribution in [0.3, 0.4) is 0 Å². The smallest absolute Gasteiger partial charge is 0.157 e. The van der Waals surface area contributed by atoms with Crippen LogP contribution in [0.4, 0.5) is 10.8 Å². The molecule has 12 heavy (non-hydrogen) atoms. The van der Waals surface area contributed by atoms with Crippen LogP contribution in [0.25, 0.3) is 0 Å². The van der Waals surface area contributed by atoms with Gasteiger partial charge >= 0.3 is 0 Å². The molecule has 0 aliphatic heterocycles. The second-order valence-electron chi connectivity index (χ2n) is 2.03. The number of nitriles is 1. The second kappa shape index (κ2) is 3.90. The van der Waals surface area contributed by atoms with Gasteiger partial charge in [0.1, 0.15) is 16.6 Å². The zero-order valence-electron chi connectivity index (χ0n) is 6.24. The topological polar surface area (TPSA) is 95.0 Å². The highest BCUT2D eigenvalue weighted by Crippen LogP contribution is 2.24. The maximum absolute atomic E-state index is 8.62. The summed E-state index contributed by atoms with van der Waals surface area (Å²) in [6, 6.07) is 1.93. The summed E-state index contributed by atoms with van der Waals surface area (Å²) in [5.41, 5.74) is 5.75. The Hall–Kier alpha value is -1.32. The van der Waals surface area contributed by atoms with Crippen molar-refractivity contribution in [1.29, 1.82) is 5.26 Å². The molecule has 0 aliphatic rings. The van der Waals surface area contributed by atoms with Gasteiger partial charge in [0.05, 0.1) is 6.61 Å². The molecule has 5 nitrogen and oxygen atoms in total. The monoisotopic (exact) mass is 184 g/mol. The first-order valence-corrected chi connectivity index (χ1v) is 4.07. The molecule has 0 saturated heterocycles. The first-order chi connectivity index (χ1) is 5.79. The molecule has 1 heterocycles. The fourth-order valence-electron chi connectivity index (χ4n) is 0.701. The fraction of sp³-hybridized carbons (Fsp3) is 0.333. The first kappa shape index (κ1) is 8.77. The predicted molar refractivity (Wildman–Crippen MR) is 46.8 cm³/mol. The van der Waals surface area contributed by atoms with E-state index in [0.29, 0.717) is 17.1 Å². The van der Waals surface area contributed by atoms with E-state index in [9.17, 15) is 0 Å². The summed E-state index contributed by atoms with van der Waals surface area (Å²) in [5, 5.41) is 20.6. The molecule has 0 fully saturated rings. The molecule has 0 aliphatic carbocycles. The van der Waals surface area contributed by atoms with Gasteiger partial charge in [-0.15, -0.1) is 0 Å². The van der Waals surface area contributed by atoms with E-state index in [1.165, 1.54) is 0 Å². The minimum atomic E-state index is 0.0165. The lowest BCUT2D eigenvalue weighted by atomic mass is 10.3. The molecule has 64 valence electrons. The number of hydrogen-bond donors (Lipinski definition) is 3. The van der Waals surface area contributed by atoms with Gasteiger partial charge in [-0.25, -0.2) is 0 Å². The summed E-state index contributed by atoms with van der Waals surface area (Å²) in [6.07, 6.45) is 0. The van der Waals surface area contributed by atoms with Gasteiger partial charge in [0.2, 0.25) is 0 Å². The largest absolute Gasteiger partial charge is 0.395 e. The van der Waals surface area contributed by atoms with Crippen molar-refractivity contribution in [3.05, 3.63) is 5.56 Å². The van der Waals surface area contributed by atoms with E-state index in [4.69, 9.17) is 16.1 Å². The minimum absolute atomic E-state index is 0.0165. The molecular formula is C6H8N4OS. The third-order valence-electron chi connectivity index (χ3n) is 1.23. The molecule has 4 N–H and O–H groups in total. The highest BCUT2D eigenvalue weighted by Gasteiger charge is 2.09. The fourth-order valence-corrected chi connectivity index (χ4v) is 1.39. The van der Waals surface area contributed by atoms with E-state index in [1.54, 1.807) is 0 Å². The van der Waals surface area contributed by atoms with Crippen molar-refractivity contribution in [2.75, 3.05) is 24.2 Å². The summed E-state index contributed by atoms with van der Waals surface area (Å²) in [4.78, 5) is 0. The Morgan fingerprint density at radius 1 is 1.75 bits per heavy atom. The number of nitrogens with two attached hydrogens (primary N) is 1. The van der Waals surface area contributed by atoms with Crippen LogP contribution in [0.2, 0.25) is 0 Å². The average molecular weight is 184 g/mol. The number of aromatic nitrogens is 1. The number of nitrogens with one attached hydrogen (secondary N) is 1. The summed E-state index contributed by atoms with van der Waals surface area (Å²) in [7, 11) is 0. The van der Waals surface area contributed by atoms with Crippen LogP contribution in [0.15, 0.2) is 0 Å². The third-order valence-corrected chi connectivity index (χ3v) is 2.05. The maximum Gasteiger partial charge on any atom is 0.157 e. The summed E-state index contributed by atoms with van der Waals surface area (Å²) in [6.45, 7) is 0.416. The molecule has 0 unspecified atom stereocenters. The molecule has 0 bridgehead atoms. The van der Waals surface area contributed by atoms with E-state index in [-0.39, 0.29) is 12.4 Å². The lowest BCUT2D eigenvalue weighted by Crippen LogP contribution is -2.05. The number of aliphatic hydroxyl groups is 1. The molecular weight excluding hydrogens is 176 g/mol. The summed E-state index contributed by atoms with van der Waals surface area (Å²) < 4.78 is 3.79. The molecule has 1 rings (SSSR count). The van der Waals surface area contributed by atoms with Gasteiger partial charge < -0.3 is 16.2 Å². The van der Waals surface area contributed by atoms with E-state index in [1.807, 2.05) is 6.07 Å². The lowest BCUT2D eigenvalue weighted by molar-refractivity contribution is 0.311. The number of rotatable bonds is 3. The quantitative estimate of drug-likeness (QED) is 0.614. The van der Waals surface area contributed by atoms with E-state index in [2.05, 4.69) is 9.69 Å². The maximum atomic E-state index is 8.62. The summed E-state index contributed by atoms with van der Waals surface area (Å²) >= 11 is 1.12. The normalized spacial score (nSPS) is 9.33. The second-order valence-corrected chi connectivity index (χ2v) is 2.81. The van der Waals surface area contributed by atoms with Crippen molar-refractivity contribution in [3.63, 3.8) is 0 Å². The zero-order chi connectivity index (χ0) is 8.97. The Morgan fingerprint density at radius 3 is 3.08 bits per heavy atom. The molecule has 0 saturated carbocycles. The number of anilines is 2. The van der Waals surface area contributed by atoms with Crippen molar-refractivity contribution in [2.45, 2.75) is 0 Å². The molecule has 0 radical (unpaired) electrons. The van der Waals surface area contributed by atoms with Crippen molar-refractivity contribution in [2.24, 2.45) is 0 Å². The van der Waals surface area contributed by atoms with Crippen LogP contribution in [0.1, 0.15) is 5.56 Å². The standard InChI is InChI=1S/C6H8N4OS/c7-3-4-5(8)10-12-6(4)9-1-2-11/h9,11H,1-2H2,(H2,8,10). The molecule has 0 spiro atoms. The highest BCUT2D eigenvalue weighted by molar-refractivity contribution is 7.10. The molecule has 0 aromatic carbocycles. The average Bonchev–Trinajstić information content (AvgIpc) is 2.43. The van der Waals surface area contributed by atoms with Crippen LogP contribution in [-0.4, -0.2) is 22.6 Å². The third kappa shape index (κ3) is 1.64. The van der Waals surface area contributed by atoms with Gasteiger partial charge in [-0.3, -0.25) is 0 Å². The number of nitrogen functional groups attached to an aromatic ring is 1. The SMILES string of the molecule is N#Cc1c(N)nsc1NCCO. The van der Waals surface area contributed by atoms with E-state index in [0.717, 1.165) is 11.5 Å². The van der Waals surface area contributed by atoms with Gasteiger partial charge in [-0.05, 0) is 11.5 Å². The van der Waals surface area contributed by atoms with Crippen LogP contribution < -0.4 is 11.1 Å². The van der Waals surface area contributed by atoms with Crippen molar-refractivity contribution in [1.82, 2.24) is 4.37 Å². The summed E-state index contributed by atoms with van der Waals surface area (Å²) in [5.74, 6) is 0.239. The van der Waals surface area contributed by atoms with Crippen molar-refractivity contribution < 1.29 is 5.11 Å². The van der Waals surface area contributed by atoms with Gasteiger partial charge in [-0.1, -0.05) is 0 Å². The van der Waals surface area contributed by atoms with Crippen molar-refractivity contribution >= 4 is 22.4 Å². The van der Waals surface area contributed by atoms with E-state index < -0.39 is 0 Å². The molecule has 1 aromatic heterocycles. The Bertz CT molecular complexity index is 303. The Balaban J connectivity index is 2.79. The van der Waals surface area contributed by atoms with Crippen LogP contribution in [0, 0.1) is 11.3 Å². The Labute approximate surface area is 73.6 Å². The number of aliphatic hydroxyl groups excluding tert-OH is 1. The highest BCUT2D eigenvalue weighted by atomic mass is 32.1. The van der Waals surface area contributed by atoms with Gasteiger partial charge in [0.25, 0.3) is 0 Å². The van der Waals surface area contributed by atoms with Crippen LogP contribution >= 0.6 is 11.5 Å². The zero-order valence-corrected chi connectivity index (χ0v) is 7.06. The molecule has 6 heteroatoms. The van der Waals surface area contributed by atoms with Gasteiger partial charge in [-0.2, -0.15) is 9.64 Å². The van der Waals surface area contributed by atoms with Crippen molar-refractivity contribution in [3.8, 4) is 6.07 Å². The Morgan fingerprint density at radius 2 is 2.50 bits per heavy atom. The molecule has 1 aromatic rings. The van der Waals surface area contributed by atoms with Gasteiger partial charge in [0.15, 0.2) is 5.82 Å². The lowest BCUT2D eigenvalue weighted by Gasteiger charge is -1.98. The van der Waals surface area contributed by atoms with Crippen LogP contribution in [0.5, 0.6) is 0 Å². The minimum Gasteiger partial charge on any atom is -0.395 e.